The summed E-state index contributed by atoms with van der Waals surface area (Å²) in [6, 6.07) is 25.3. The highest BCUT2D eigenvalue weighted by Gasteiger charge is 2.43. The maximum absolute atomic E-state index is 6.99. The van der Waals surface area contributed by atoms with Gasteiger partial charge in [-0.1, -0.05) is 179 Å². The number of rotatable bonds is 9. The van der Waals surface area contributed by atoms with Gasteiger partial charge in [-0.15, -0.1) is 0 Å². The van der Waals surface area contributed by atoms with Crippen molar-refractivity contribution in [3.63, 3.8) is 0 Å². The summed E-state index contributed by atoms with van der Waals surface area (Å²) in [5.74, 6) is 2.99. The van der Waals surface area contributed by atoms with E-state index in [0.717, 1.165) is 33.9 Å². The van der Waals surface area contributed by atoms with E-state index < -0.39 is 7.32 Å². The fraction of sp³-hybridized carbons (Fsp3) is 0.600. The van der Waals surface area contributed by atoms with Crippen LogP contribution in [0.4, 0.5) is 0 Å². The zero-order valence-electron chi connectivity index (χ0n) is 34.5. The molecular formula is C45H69BO3. The highest BCUT2D eigenvalue weighted by atomic mass is 16.7. The predicted octanol–water partition coefficient (Wildman–Crippen LogP) is 13.7. The molecular weight excluding hydrogens is 599 g/mol. The second-order valence-corrected chi connectivity index (χ2v) is 20.8. The molecule has 0 saturated carbocycles. The van der Waals surface area contributed by atoms with Gasteiger partial charge in [0, 0.05) is 0 Å². The first-order valence-electron chi connectivity index (χ1n) is 18.4. The van der Waals surface area contributed by atoms with Gasteiger partial charge in [0.15, 0.2) is 0 Å². The molecule has 0 saturated heterocycles. The van der Waals surface area contributed by atoms with Gasteiger partial charge in [0.05, 0.1) is 0 Å². The van der Waals surface area contributed by atoms with Crippen LogP contribution in [0.2, 0.25) is 0 Å². The standard InChI is InChI=1S/C45H69BO3/c1-40(2,3)37(41(4,5)6)31-25-19-22-28-34(31)47-46(48-35-29-23-20-26-32(35)38(42(7,8)9)43(10,11)12)49-36-30-24-21-27-33(36)39(44(13,14)15)45(16,17)18/h19-30,37-39H,1-18H3. The zero-order chi connectivity index (χ0) is 37.4. The molecule has 0 amide bonds. The molecule has 0 spiro atoms. The van der Waals surface area contributed by atoms with Gasteiger partial charge in [-0.3, -0.25) is 0 Å². The molecule has 0 bridgehead atoms. The van der Waals surface area contributed by atoms with E-state index >= 15 is 0 Å². The van der Waals surface area contributed by atoms with Gasteiger partial charge >= 0.3 is 7.32 Å². The minimum absolute atomic E-state index is 0.00655. The normalized spacial score (nSPS) is 13.7. The van der Waals surface area contributed by atoms with Crippen LogP contribution >= 0.6 is 0 Å². The Morgan fingerprint density at radius 1 is 0.327 bits per heavy atom. The molecule has 4 heteroatoms. The van der Waals surface area contributed by atoms with E-state index in [9.17, 15) is 0 Å². The van der Waals surface area contributed by atoms with Crippen molar-refractivity contribution in [2.24, 2.45) is 32.5 Å². The molecule has 0 radical (unpaired) electrons. The maximum atomic E-state index is 6.99. The van der Waals surface area contributed by atoms with Gasteiger partial charge in [-0.2, -0.15) is 0 Å². The lowest BCUT2D eigenvalue weighted by atomic mass is 9.63. The quantitative estimate of drug-likeness (QED) is 0.212. The Kier molecular flexibility index (Phi) is 11.9. The van der Waals surface area contributed by atoms with Crippen LogP contribution in [0.3, 0.4) is 0 Å². The van der Waals surface area contributed by atoms with Crippen molar-refractivity contribution in [3.8, 4) is 17.2 Å². The van der Waals surface area contributed by atoms with Crippen LogP contribution in [0.5, 0.6) is 17.2 Å². The molecule has 49 heavy (non-hydrogen) atoms. The fourth-order valence-corrected chi connectivity index (χ4v) is 9.56. The highest BCUT2D eigenvalue weighted by molar-refractivity contribution is 6.39. The lowest BCUT2D eigenvalue weighted by Gasteiger charge is -2.42. The van der Waals surface area contributed by atoms with E-state index in [1.807, 2.05) is 18.2 Å². The Morgan fingerprint density at radius 2 is 0.510 bits per heavy atom. The van der Waals surface area contributed by atoms with Crippen LogP contribution < -0.4 is 14.0 Å². The third-order valence-corrected chi connectivity index (χ3v) is 9.56. The Morgan fingerprint density at radius 3 is 0.694 bits per heavy atom. The molecule has 0 N–H and O–H groups in total. The first kappa shape index (κ1) is 40.6. The second-order valence-electron chi connectivity index (χ2n) is 20.8. The van der Waals surface area contributed by atoms with E-state index in [0.29, 0.717) is 0 Å². The van der Waals surface area contributed by atoms with Crippen LogP contribution in [0, 0.1) is 32.5 Å². The molecule has 0 aromatic heterocycles. The summed E-state index contributed by atoms with van der Waals surface area (Å²) in [6.07, 6.45) is 0. The van der Waals surface area contributed by atoms with E-state index in [-0.39, 0.29) is 50.2 Å². The fourth-order valence-electron chi connectivity index (χ4n) is 9.56. The van der Waals surface area contributed by atoms with Crippen LogP contribution in [0.15, 0.2) is 72.8 Å². The summed E-state index contributed by atoms with van der Waals surface area (Å²) in [7, 11) is -1.04. The van der Waals surface area contributed by atoms with Gasteiger partial charge in [-0.05, 0) is 85.1 Å². The van der Waals surface area contributed by atoms with E-state index in [2.05, 4.69) is 179 Å². The number of hydrogen-bond donors (Lipinski definition) is 0. The molecule has 3 aromatic rings. The largest absolute Gasteiger partial charge is 0.864 e. The minimum Gasteiger partial charge on any atom is -0.489 e. The third-order valence-electron chi connectivity index (χ3n) is 9.56. The Balaban J connectivity index is 2.27. The van der Waals surface area contributed by atoms with Crippen molar-refractivity contribution < 1.29 is 14.0 Å². The van der Waals surface area contributed by atoms with Gasteiger partial charge in [-0.25, -0.2) is 0 Å². The van der Waals surface area contributed by atoms with Crippen LogP contribution in [-0.2, 0) is 0 Å². The molecule has 3 rings (SSSR count). The Hall–Kier alpha value is -2.88. The van der Waals surface area contributed by atoms with Gasteiger partial charge < -0.3 is 14.0 Å². The van der Waals surface area contributed by atoms with E-state index in [4.69, 9.17) is 14.0 Å². The topological polar surface area (TPSA) is 27.7 Å². The summed E-state index contributed by atoms with van der Waals surface area (Å²) in [6.45, 7) is 41.7. The summed E-state index contributed by atoms with van der Waals surface area (Å²) in [5, 5.41) is 0. The molecule has 0 aliphatic rings. The summed E-state index contributed by atoms with van der Waals surface area (Å²) < 4.78 is 21.0. The maximum Gasteiger partial charge on any atom is 0.864 e. The van der Waals surface area contributed by atoms with Crippen molar-refractivity contribution in [2.45, 2.75) is 142 Å². The molecule has 0 aliphatic carbocycles. The third kappa shape index (κ3) is 10.3. The first-order chi connectivity index (χ1) is 22.1. The molecule has 0 aliphatic heterocycles. The summed E-state index contributed by atoms with van der Waals surface area (Å²) in [4.78, 5) is 0. The first-order valence-corrected chi connectivity index (χ1v) is 18.4. The second kappa shape index (κ2) is 14.4. The van der Waals surface area contributed by atoms with Gasteiger partial charge in [0.2, 0.25) is 0 Å². The zero-order valence-corrected chi connectivity index (χ0v) is 34.5. The van der Waals surface area contributed by atoms with Gasteiger partial charge in [0.1, 0.15) is 17.2 Å². The number of hydrogen-bond acceptors (Lipinski definition) is 3. The molecule has 3 aromatic carbocycles. The van der Waals surface area contributed by atoms with E-state index in [1.165, 1.54) is 0 Å². The van der Waals surface area contributed by atoms with Crippen LogP contribution in [0.1, 0.15) is 159 Å². The summed E-state index contributed by atoms with van der Waals surface area (Å²) >= 11 is 0. The SMILES string of the molecule is CC(C)(C)C(c1ccccc1OB(Oc1ccccc1C(C(C)(C)C)C(C)(C)C)Oc1ccccc1C(C(C)(C)C)C(C)(C)C)C(C)(C)C. The van der Waals surface area contributed by atoms with Crippen LogP contribution in [0.25, 0.3) is 0 Å². The van der Waals surface area contributed by atoms with Crippen molar-refractivity contribution in [3.05, 3.63) is 89.5 Å². The Bertz CT molecular complexity index is 1290. The molecule has 270 valence electrons. The van der Waals surface area contributed by atoms with Crippen molar-refractivity contribution in [1.82, 2.24) is 0 Å². The predicted molar refractivity (Wildman–Crippen MR) is 212 cm³/mol. The lowest BCUT2D eigenvalue weighted by molar-refractivity contribution is 0.168. The number of para-hydroxylation sites is 3. The van der Waals surface area contributed by atoms with Crippen molar-refractivity contribution >= 4 is 7.32 Å². The summed E-state index contributed by atoms with van der Waals surface area (Å²) in [5.41, 5.74) is 3.44. The smallest absolute Gasteiger partial charge is 0.489 e. The number of benzene rings is 3. The lowest BCUT2D eigenvalue weighted by Crippen LogP contribution is -2.40. The average molecular weight is 669 g/mol. The van der Waals surface area contributed by atoms with Crippen molar-refractivity contribution in [2.75, 3.05) is 0 Å². The molecule has 0 heterocycles. The van der Waals surface area contributed by atoms with Gasteiger partial charge in [0.25, 0.3) is 0 Å². The van der Waals surface area contributed by atoms with Crippen molar-refractivity contribution in [1.29, 1.82) is 0 Å². The average Bonchev–Trinajstić information content (AvgIpc) is 2.87. The molecule has 3 nitrogen and oxygen atoms in total. The molecule has 0 fully saturated rings. The molecule has 0 atom stereocenters. The van der Waals surface area contributed by atoms with E-state index in [1.54, 1.807) is 0 Å². The highest BCUT2D eigenvalue weighted by Crippen LogP contribution is 2.53. The van der Waals surface area contributed by atoms with Crippen LogP contribution in [-0.4, -0.2) is 7.32 Å². The minimum atomic E-state index is -1.04. The monoisotopic (exact) mass is 669 g/mol. The Labute approximate surface area is 302 Å². The molecule has 0 unspecified atom stereocenters.